The standard InChI is InChI=1S/C5H5N5.C5H10O3/c6-4-5-7-1-2-10(5)9-3-8-4;6-3-5-4(7)1-2-8-5/h1-3H,(H2,6,8,9);4-7H,1-3H2. The molecule has 1 fully saturated rings. The molecule has 8 nitrogen and oxygen atoms in total. The van der Waals surface area contributed by atoms with E-state index in [0.29, 0.717) is 24.5 Å². The van der Waals surface area contributed by atoms with Crippen LogP contribution < -0.4 is 5.73 Å². The minimum atomic E-state index is -0.444. The van der Waals surface area contributed by atoms with Gasteiger partial charge in [-0.05, 0) is 6.42 Å². The van der Waals surface area contributed by atoms with E-state index in [9.17, 15) is 0 Å². The smallest absolute Gasteiger partial charge is 0.196 e. The lowest BCUT2D eigenvalue weighted by Gasteiger charge is -2.07. The maximum absolute atomic E-state index is 8.90. The van der Waals surface area contributed by atoms with E-state index in [2.05, 4.69) is 15.1 Å². The largest absolute Gasteiger partial charge is 0.394 e. The zero-order chi connectivity index (χ0) is 13.0. The number of nitrogens with two attached hydrogens (primary N) is 1. The Morgan fingerprint density at radius 1 is 1.50 bits per heavy atom. The van der Waals surface area contributed by atoms with Crippen LogP contribution in [-0.4, -0.2) is 55.2 Å². The van der Waals surface area contributed by atoms with Crippen LogP contribution in [0.1, 0.15) is 6.42 Å². The van der Waals surface area contributed by atoms with Gasteiger partial charge in [0.1, 0.15) is 12.4 Å². The van der Waals surface area contributed by atoms with Crippen LogP contribution in [0, 0.1) is 0 Å². The molecular formula is C10H15N5O3. The third-order valence-electron chi connectivity index (χ3n) is 2.58. The van der Waals surface area contributed by atoms with Gasteiger partial charge in [-0.15, -0.1) is 0 Å². The van der Waals surface area contributed by atoms with Crippen molar-refractivity contribution in [2.45, 2.75) is 18.6 Å². The molecule has 2 unspecified atom stereocenters. The fourth-order valence-corrected chi connectivity index (χ4v) is 1.59. The summed E-state index contributed by atoms with van der Waals surface area (Å²) in [6, 6.07) is 0. The topological polar surface area (TPSA) is 119 Å². The van der Waals surface area contributed by atoms with E-state index < -0.39 is 6.10 Å². The first kappa shape index (κ1) is 12.7. The lowest BCUT2D eigenvalue weighted by molar-refractivity contribution is 0.00406. The van der Waals surface area contributed by atoms with Crippen molar-refractivity contribution in [1.82, 2.24) is 19.6 Å². The molecule has 4 N–H and O–H groups in total. The van der Waals surface area contributed by atoms with Gasteiger partial charge in [-0.1, -0.05) is 0 Å². The van der Waals surface area contributed by atoms with Crippen molar-refractivity contribution in [1.29, 1.82) is 0 Å². The second kappa shape index (κ2) is 5.71. The highest BCUT2D eigenvalue weighted by Crippen LogP contribution is 2.11. The maximum atomic E-state index is 8.90. The summed E-state index contributed by atoms with van der Waals surface area (Å²) >= 11 is 0. The minimum absolute atomic E-state index is 0.0683. The molecule has 3 heterocycles. The number of fused-ring (bicyclic) bond motifs is 1. The molecule has 0 aliphatic carbocycles. The SMILES string of the molecule is Nc1ncnn2ccnc12.OCC1OCCC1O. The Hall–Kier alpha value is -1.77. The number of ether oxygens (including phenoxy) is 1. The van der Waals surface area contributed by atoms with E-state index in [0.717, 1.165) is 0 Å². The number of imidazole rings is 1. The Morgan fingerprint density at radius 2 is 2.33 bits per heavy atom. The third kappa shape index (κ3) is 2.73. The van der Waals surface area contributed by atoms with E-state index in [-0.39, 0.29) is 12.7 Å². The highest BCUT2D eigenvalue weighted by atomic mass is 16.5. The van der Waals surface area contributed by atoms with Crippen LogP contribution in [0.25, 0.3) is 5.65 Å². The highest BCUT2D eigenvalue weighted by Gasteiger charge is 2.24. The summed E-state index contributed by atoms with van der Waals surface area (Å²) in [7, 11) is 0. The number of anilines is 1. The van der Waals surface area contributed by atoms with Crippen LogP contribution >= 0.6 is 0 Å². The Balaban J connectivity index is 0.000000138. The van der Waals surface area contributed by atoms with Crippen LogP contribution in [0.15, 0.2) is 18.7 Å². The molecular weight excluding hydrogens is 238 g/mol. The van der Waals surface area contributed by atoms with Gasteiger partial charge in [0, 0.05) is 19.0 Å². The van der Waals surface area contributed by atoms with Crippen molar-refractivity contribution >= 4 is 11.5 Å². The molecule has 2 atom stereocenters. The zero-order valence-corrected chi connectivity index (χ0v) is 9.68. The normalized spacial score (nSPS) is 22.8. The number of rotatable bonds is 1. The first-order valence-electron chi connectivity index (χ1n) is 5.52. The average molecular weight is 253 g/mol. The van der Waals surface area contributed by atoms with Gasteiger partial charge >= 0.3 is 0 Å². The first-order valence-corrected chi connectivity index (χ1v) is 5.52. The summed E-state index contributed by atoms with van der Waals surface area (Å²) in [5.74, 6) is 0.403. The van der Waals surface area contributed by atoms with Gasteiger partial charge in [0.25, 0.3) is 0 Å². The van der Waals surface area contributed by atoms with Crippen molar-refractivity contribution in [3.05, 3.63) is 18.7 Å². The molecule has 98 valence electrons. The quantitative estimate of drug-likeness (QED) is 0.586. The van der Waals surface area contributed by atoms with Crippen molar-refractivity contribution in [2.75, 3.05) is 18.9 Å². The van der Waals surface area contributed by atoms with E-state index >= 15 is 0 Å². The van der Waals surface area contributed by atoms with Crippen molar-refractivity contribution in [3.8, 4) is 0 Å². The summed E-state index contributed by atoms with van der Waals surface area (Å²) in [6.07, 6.45) is 4.62. The number of aromatic nitrogens is 4. The number of hydrogen-bond donors (Lipinski definition) is 3. The number of aliphatic hydroxyl groups excluding tert-OH is 2. The molecule has 0 radical (unpaired) electrons. The zero-order valence-electron chi connectivity index (χ0n) is 9.68. The first-order chi connectivity index (χ1) is 8.72. The summed E-state index contributed by atoms with van der Waals surface area (Å²) in [4.78, 5) is 7.69. The molecule has 1 aliphatic rings. The van der Waals surface area contributed by atoms with Crippen LogP contribution in [-0.2, 0) is 4.74 Å². The predicted octanol–water partition coefficient (Wildman–Crippen LogP) is -1.17. The summed E-state index contributed by atoms with van der Waals surface area (Å²) < 4.78 is 6.49. The molecule has 0 amide bonds. The second-order valence-corrected chi connectivity index (χ2v) is 3.79. The molecule has 18 heavy (non-hydrogen) atoms. The second-order valence-electron chi connectivity index (χ2n) is 3.79. The number of hydrogen-bond acceptors (Lipinski definition) is 7. The third-order valence-corrected chi connectivity index (χ3v) is 2.58. The fraction of sp³-hybridized carbons (Fsp3) is 0.500. The molecule has 0 bridgehead atoms. The van der Waals surface area contributed by atoms with Gasteiger partial charge in [0.05, 0.1) is 12.7 Å². The number of aliphatic hydroxyl groups is 2. The van der Waals surface area contributed by atoms with Crippen molar-refractivity contribution < 1.29 is 14.9 Å². The molecule has 0 aromatic carbocycles. The van der Waals surface area contributed by atoms with Crippen molar-refractivity contribution in [2.24, 2.45) is 0 Å². The summed E-state index contributed by atoms with van der Waals surface area (Å²) in [6.45, 7) is 0.508. The van der Waals surface area contributed by atoms with Gasteiger partial charge in [0.2, 0.25) is 0 Å². The van der Waals surface area contributed by atoms with Gasteiger partial charge in [0.15, 0.2) is 11.5 Å². The highest BCUT2D eigenvalue weighted by molar-refractivity contribution is 5.57. The lowest BCUT2D eigenvalue weighted by Crippen LogP contribution is -2.24. The fourth-order valence-electron chi connectivity index (χ4n) is 1.59. The molecule has 8 heteroatoms. The molecule has 1 saturated heterocycles. The maximum Gasteiger partial charge on any atom is 0.196 e. The summed E-state index contributed by atoms with van der Waals surface area (Å²) in [5, 5.41) is 21.2. The van der Waals surface area contributed by atoms with Crippen molar-refractivity contribution in [3.63, 3.8) is 0 Å². The molecule has 0 saturated carbocycles. The molecule has 3 rings (SSSR count). The van der Waals surface area contributed by atoms with Crippen LogP contribution in [0.3, 0.4) is 0 Å². The van der Waals surface area contributed by atoms with Gasteiger partial charge in [-0.3, -0.25) is 0 Å². The molecule has 1 aliphatic heterocycles. The van der Waals surface area contributed by atoms with E-state index in [1.807, 2.05) is 0 Å². The Kier molecular flexibility index (Phi) is 4.03. The molecule has 2 aromatic rings. The van der Waals surface area contributed by atoms with Crippen LogP contribution in [0.5, 0.6) is 0 Å². The summed E-state index contributed by atoms with van der Waals surface area (Å²) in [5.41, 5.74) is 6.07. The van der Waals surface area contributed by atoms with E-state index in [1.165, 1.54) is 6.33 Å². The lowest BCUT2D eigenvalue weighted by atomic mass is 10.2. The average Bonchev–Trinajstić information content (AvgIpc) is 2.99. The van der Waals surface area contributed by atoms with Gasteiger partial charge < -0.3 is 20.7 Å². The number of nitrogens with zero attached hydrogens (tertiary/aromatic N) is 4. The monoisotopic (exact) mass is 253 g/mol. The Bertz CT molecular complexity index is 503. The molecule has 2 aromatic heterocycles. The van der Waals surface area contributed by atoms with E-state index in [1.54, 1.807) is 16.9 Å². The predicted molar refractivity (Wildman–Crippen MR) is 62.6 cm³/mol. The number of nitrogen functional groups attached to an aromatic ring is 1. The van der Waals surface area contributed by atoms with Crippen LogP contribution in [0.2, 0.25) is 0 Å². The Morgan fingerprint density at radius 3 is 2.89 bits per heavy atom. The molecule has 0 spiro atoms. The minimum Gasteiger partial charge on any atom is -0.394 e. The van der Waals surface area contributed by atoms with Gasteiger partial charge in [-0.25, -0.2) is 14.5 Å². The van der Waals surface area contributed by atoms with Gasteiger partial charge in [-0.2, -0.15) is 5.10 Å². The van der Waals surface area contributed by atoms with E-state index in [4.69, 9.17) is 20.7 Å². The Labute approximate surface area is 103 Å². The van der Waals surface area contributed by atoms with Crippen LogP contribution in [0.4, 0.5) is 5.82 Å².